The predicted molar refractivity (Wildman–Crippen MR) is 273 cm³/mol. The van der Waals surface area contributed by atoms with Crippen LogP contribution in [0.4, 0.5) is 17.1 Å². The summed E-state index contributed by atoms with van der Waals surface area (Å²) in [6, 6.07) is 85.8. The first-order valence-electron chi connectivity index (χ1n) is 22.5. The number of furan rings is 1. The molecule has 1 aliphatic carbocycles. The molecule has 0 saturated carbocycles. The average Bonchev–Trinajstić information content (AvgIpc) is 3.86. The summed E-state index contributed by atoms with van der Waals surface area (Å²) >= 11 is 0. The molecule has 0 spiro atoms. The lowest BCUT2D eigenvalue weighted by Gasteiger charge is -2.29. The molecule has 1 aliphatic rings. The molecule has 12 rings (SSSR count). The number of hydrogen-bond acceptors (Lipinski definition) is 2. The van der Waals surface area contributed by atoms with Crippen LogP contribution < -0.4 is 4.90 Å². The average molecular weight is 832 g/mol. The second kappa shape index (κ2) is 15.6. The van der Waals surface area contributed by atoms with Crippen molar-refractivity contribution in [3.63, 3.8) is 0 Å². The Bertz CT molecular complexity index is 3580. The number of para-hydroxylation sites is 3. The SMILES string of the molecule is CC1(C)c2ccccc2-c2ccc(-c3ccc(N(c4cccc(-c5cccc6c5oc5ccccc56)c4)c4ccccc4-c4ccccc4-c4ccccc4-c4ccccc4)cc3)cc21. The molecule has 1 heterocycles. The van der Waals surface area contributed by atoms with Gasteiger partial charge in [-0.1, -0.05) is 208 Å². The van der Waals surface area contributed by atoms with E-state index in [2.05, 4.69) is 249 Å². The van der Waals surface area contributed by atoms with Gasteiger partial charge in [-0.3, -0.25) is 0 Å². The highest BCUT2D eigenvalue weighted by Gasteiger charge is 2.35. The lowest BCUT2D eigenvalue weighted by molar-refractivity contribution is 0.660. The van der Waals surface area contributed by atoms with Gasteiger partial charge in [0.05, 0.1) is 5.69 Å². The minimum absolute atomic E-state index is 0.0714. The van der Waals surface area contributed by atoms with E-state index in [1.807, 2.05) is 6.07 Å². The minimum atomic E-state index is -0.0714. The number of anilines is 3. The van der Waals surface area contributed by atoms with Crippen LogP contribution in [0.15, 0.2) is 241 Å². The first-order chi connectivity index (χ1) is 32.0. The van der Waals surface area contributed by atoms with Crippen molar-refractivity contribution in [2.24, 2.45) is 0 Å². The predicted octanol–water partition coefficient (Wildman–Crippen LogP) is 17.7. The third kappa shape index (κ3) is 6.49. The van der Waals surface area contributed by atoms with Crippen molar-refractivity contribution >= 4 is 39.0 Å². The van der Waals surface area contributed by atoms with Gasteiger partial charge in [-0.05, 0) is 109 Å². The Labute approximate surface area is 380 Å². The molecule has 2 heteroatoms. The van der Waals surface area contributed by atoms with E-state index < -0.39 is 0 Å². The number of benzene rings is 10. The molecule has 0 N–H and O–H groups in total. The Morgan fingerprint density at radius 1 is 0.323 bits per heavy atom. The summed E-state index contributed by atoms with van der Waals surface area (Å²) in [5, 5.41) is 2.24. The fraction of sp³-hybridized carbons (Fsp3) is 0.0476. The van der Waals surface area contributed by atoms with E-state index >= 15 is 0 Å². The Morgan fingerprint density at radius 2 is 0.877 bits per heavy atom. The maximum absolute atomic E-state index is 6.58. The van der Waals surface area contributed by atoms with Gasteiger partial charge in [-0.25, -0.2) is 0 Å². The number of fused-ring (bicyclic) bond motifs is 6. The third-order valence-corrected chi connectivity index (χ3v) is 13.5. The fourth-order valence-corrected chi connectivity index (χ4v) is 10.3. The normalized spacial score (nSPS) is 12.6. The topological polar surface area (TPSA) is 16.4 Å². The van der Waals surface area contributed by atoms with Crippen LogP contribution in [-0.4, -0.2) is 0 Å². The zero-order valence-electron chi connectivity index (χ0n) is 36.4. The van der Waals surface area contributed by atoms with Crippen molar-refractivity contribution in [2.75, 3.05) is 4.90 Å². The number of nitrogens with zero attached hydrogens (tertiary/aromatic N) is 1. The van der Waals surface area contributed by atoms with Crippen LogP contribution in [-0.2, 0) is 5.41 Å². The van der Waals surface area contributed by atoms with E-state index in [9.17, 15) is 0 Å². The lowest BCUT2D eigenvalue weighted by atomic mass is 9.81. The summed E-state index contributed by atoms with van der Waals surface area (Å²) in [5.74, 6) is 0. The quantitative estimate of drug-likeness (QED) is 0.152. The molecule has 0 fully saturated rings. The fourth-order valence-electron chi connectivity index (χ4n) is 10.3. The zero-order valence-corrected chi connectivity index (χ0v) is 36.4. The first kappa shape index (κ1) is 38.5. The maximum Gasteiger partial charge on any atom is 0.143 e. The highest BCUT2D eigenvalue weighted by atomic mass is 16.3. The molecular weight excluding hydrogens is 787 g/mol. The molecule has 0 aliphatic heterocycles. The smallest absolute Gasteiger partial charge is 0.143 e. The van der Waals surface area contributed by atoms with E-state index in [1.54, 1.807) is 0 Å². The number of hydrogen-bond donors (Lipinski definition) is 0. The van der Waals surface area contributed by atoms with Gasteiger partial charge in [0, 0.05) is 38.7 Å². The van der Waals surface area contributed by atoms with Crippen molar-refractivity contribution in [1.29, 1.82) is 0 Å². The molecule has 0 amide bonds. The molecule has 0 atom stereocenters. The van der Waals surface area contributed by atoms with Crippen molar-refractivity contribution in [1.82, 2.24) is 0 Å². The Hall–Kier alpha value is -8.20. The van der Waals surface area contributed by atoms with Crippen LogP contribution in [0.2, 0.25) is 0 Å². The molecule has 11 aromatic rings. The summed E-state index contributed by atoms with van der Waals surface area (Å²) in [6.45, 7) is 4.70. The second-order valence-electron chi connectivity index (χ2n) is 17.6. The number of rotatable bonds is 8. The molecule has 0 unspecified atom stereocenters. The summed E-state index contributed by atoms with van der Waals surface area (Å²) < 4.78 is 6.58. The van der Waals surface area contributed by atoms with Crippen molar-refractivity contribution in [2.45, 2.75) is 19.3 Å². The van der Waals surface area contributed by atoms with Gasteiger partial charge in [-0.2, -0.15) is 0 Å². The van der Waals surface area contributed by atoms with E-state index in [4.69, 9.17) is 4.42 Å². The molecule has 2 nitrogen and oxygen atoms in total. The molecule has 308 valence electrons. The summed E-state index contributed by atoms with van der Waals surface area (Å²) in [6.07, 6.45) is 0. The summed E-state index contributed by atoms with van der Waals surface area (Å²) in [4.78, 5) is 2.42. The van der Waals surface area contributed by atoms with E-state index in [0.717, 1.165) is 61.3 Å². The molecule has 0 saturated heterocycles. The van der Waals surface area contributed by atoms with Gasteiger partial charge < -0.3 is 9.32 Å². The Morgan fingerprint density at radius 3 is 1.68 bits per heavy atom. The van der Waals surface area contributed by atoms with E-state index in [0.29, 0.717) is 0 Å². The molecule has 0 radical (unpaired) electrons. The van der Waals surface area contributed by atoms with Crippen LogP contribution in [0.25, 0.3) is 88.7 Å². The van der Waals surface area contributed by atoms with Crippen molar-refractivity contribution < 1.29 is 4.42 Å². The van der Waals surface area contributed by atoms with Crippen molar-refractivity contribution in [3.05, 3.63) is 248 Å². The first-order valence-corrected chi connectivity index (χ1v) is 22.5. The molecule has 1 aromatic heterocycles. The molecule has 65 heavy (non-hydrogen) atoms. The minimum Gasteiger partial charge on any atom is -0.455 e. The van der Waals surface area contributed by atoms with Gasteiger partial charge in [-0.15, -0.1) is 0 Å². The van der Waals surface area contributed by atoms with E-state index in [-0.39, 0.29) is 5.41 Å². The molecule has 10 aromatic carbocycles. The lowest BCUT2D eigenvalue weighted by Crippen LogP contribution is -2.14. The molecular formula is C63H45NO. The van der Waals surface area contributed by atoms with Crippen LogP contribution >= 0.6 is 0 Å². The standard InChI is InChI=1S/C63H45NO/c1-63(2)58-31-13-10-26-53(58)54-39-36-44(41-59(54)63)42-34-37-46(38-35-42)64(47-21-16-20-45(40-47)49-29-17-30-57-56-28-12-15-33-61(56)65-62(49)57)60-32-14-11-27-55(60)52-25-9-8-24-51(52)50-23-7-6-22-48(50)43-18-4-3-5-19-43/h3-41H,1-2H3. The van der Waals surface area contributed by atoms with Gasteiger partial charge in [0.25, 0.3) is 0 Å². The Balaban J connectivity index is 1.02. The van der Waals surface area contributed by atoms with Gasteiger partial charge in [0.1, 0.15) is 11.2 Å². The Kier molecular flexibility index (Phi) is 9.21. The van der Waals surface area contributed by atoms with Gasteiger partial charge >= 0.3 is 0 Å². The van der Waals surface area contributed by atoms with Crippen LogP contribution in [0, 0.1) is 0 Å². The zero-order chi connectivity index (χ0) is 43.5. The third-order valence-electron chi connectivity index (χ3n) is 13.5. The largest absolute Gasteiger partial charge is 0.455 e. The van der Waals surface area contributed by atoms with E-state index in [1.165, 1.54) is 55.6 Å². The van der Waals surface area contributed by atoms with Crippen molar-refractivity contribution in [3.8, 4) is 66.8 Å². The van der Waals surface area contributed by atoms with Crippen LogP contribution in [0.5, 0.6) is 0 Å². The second-order valence-corrected chi connectivity index (χ2v) is 17.6. The van der Waals surface area contributed by atoms with Gasteiger partial charge in [0.15, 0.2) is 0 Å². The molecule has 0 bridgehead atoms. The summed E-state index contributed by atoms with van der Waals surface area (Å²) in [7, 11) is 0. The monoisotopic (exact) mass is 831 g/mol. The maximum atomic E-state index is 6.58. The van der Waals surface area contributed by atoms with Gasteiger partial charge in [0.2, 0.25) is 0 Å². The summed E-state index contributed by atoms with van der Waals surface area (Å²) in [5.41, 5.74) is 22.0. The van der Waals surface area contributed by atoms with Crippen LogP contribution in [0.1, 0.15) is 25.0 Å². The highest BCUT2D eigenvalue weighted by molar-refractivity contribution is 6.10. The van der Waals surface area contributed by atoms with Crippen LogP contribution in [0.3, 0.4) is 0 Å². The highest BCUT2D eigenvalue weighted by Crippen LogP contribution is 2.50.